The molecule has 0 fully saturated rings. The third-order valence-corrected chi connectivity index (χ3v) is 3.31. The monoisotopic (exact) mass is 264 g/mol. The lowest BCUT2D eigenvalue weighted by molar-refractivity contribution is 0.437. The molecular formula is C10H14Cl2N2S. The molecule has 0 saturated carbocycles. The van der Waals surface area contributed by atoms with Gasteiger partial charge in [-0.3, -0.25) is 0 Å². The third kappa shape index (κ3) is 5.07. The van der Waals surface area contributed by atoms with Crippen LogP contribution >= 0.6 is 35.0 Å². The van der Waals surface area contributed by atoms with Crippen LogP contribution in [0.4, 0.5) is 0 Å². The van der Waals surface area contributed by atoms with Gasteiger partial charge in [-0.2, -0.15) is 11.8 Å². The summed E-state index contributed by atoms with van der Waals surface area (Å²) in [6.07, 6.45) is 0. The van der Waals surface area contributed by atoms with E-state index in [0.29, 0.717) is 10.2 Å². The Labute approximate surface area is 105 Å². The number of aromatic nitrogens is 1. The molecule has 0 amide bonds. The number of halogens is 2. The molecule has 0 unspecified atom stereocenters. The molecule has 1 heterocycles. The molecule has 0 aliphatic carbocycles. The summed E-state index contributed by atoms with van der Waals surface area (Å²) < 4.78 is 0. The highest BCUT2D eigenvalue weighted by Gasteiger charge is 2.03. The van der Waals surface area contributed by atoms with E-state index in [1.807, 2.05) is 11.8 Å². The largest absolute Gasteiger partial charge is 0.309 e. The molecule has 0 atom stereocenters. The summed E-state index contributed by atoms with van der Waals surface area (Å²) >= 11 is 13.6. The molecule has 0 spiro atoms. The minimum absolute atomic E-state index is 0.502. The van der Waals surface area contributed by atoms with Crippen LogP contribution in [0.1, 0.15) is 5.69 Å². The van der Waals surface area contributed by atoms with E-state index in [1.54, 1.807) is 12.1 Å². The molecule has 5 heteroatoms. The molecule has 1 rings (SSSR count). The van der Waals surface area contributed by atoms with Gasteiger partial charge in [0.05, 0.1) is 10.7 Å². The average Bonchev–Trinajstić information content (AvgIpc) is 2.17. The molecule has 0 saturated heterocycles. The predicted molar refractivity (Wildman–Crippen MR) is 69.0 cm³/mol. The van der Waals surface area contributed by atoms with Crippen molar-refractivity contribution in [3.8, 4) is 0 Å². The van der Waals surface area contributed by atoms with Crippen molar-refractivity contribution in [3.63, 3.8) is 0 Å². The predicted octanol–water partition coefficient (Wildman–Crippen LogP) is 3.18. The zero-order chi connectivity index (χ0) is 11.3. The lowest BCUT2D eigenvalue weighted by Crippen LogP contribution is -2.14. The smallest absolute Gasteiger partial charge is 0.129 e. The highest BCUT2D eigenvalue weighted by molar-refractivity contribution is 7.98. The van der Waals surface area contributed by atoms with Gasteiger partial charge in [0, 0.05) is 18.1 Å². The molecule has 0 aliphatic rings. The van der Waals surface area contributed by atoms with Crippen molar-refractivity contribution in [1.29, 1.82) is 0 Å². The van der Waals surface area contributed by atoms with Crippen molar-refractivity contribution < 1.29 is 0 Å². The topological polar surface area (TPSA) is 16.1 Å². The highest BCUT2D eigenvalue weighted by Crippen LogP contribution is 2.21. The fraction of sp³-hybridized carbons (Fsp3) is 0.500. The number of nitrogens with zero attached hydrogens (tertiary/aromatic N) is 2. The van der Waals surface area contributed by atoms with E-state index in [2.05, 4.69) is 24.0 Å². The van der Waals surface area contributed by atoms with Crippen molar-refractivity contribution in [1.82, 2.24) is 9.88 Å². The van der Waals surface area contributed by atoms with Gasteiger partial charge in [-0.15, -0.1) is 0 Å². The second kappa shape index (κ2) is 6.59. The molecule has 0 radical (unpaired) electrons. The van der Waals surface area contributed by atoms with Crippen molar-refractivity contribution in [2.75, 3.05) is 26.4 Å². The fourth-order valence-electron chi connectivity index (χ4n) is 0.975. The number of hydrogen-bond donors (Lipinski definition) is 0. The molecule has 0 aromatic carbocycles. The Morgan fingerprint density at radius 2 is 2.07 bits per heavy atom. The Hall–Kier alpha value is 0.0400. The van der Waals surface area contributed by atoms with Crippen LogP contribution in [-0.2, 0) is 5.75 Å². The van der Waals surface area contributed by atoms with Crippen LogP contribution in [0.3, 0.4) is 0 Å². The summed E-state index contributed by atoms with van der Waals surface area (Å²) in [6.45, 7) is 1.06. The molecule has 0 aliphatic heterocycles. The highest BCUT2D eigenvalue weighted by atomic mass is 35.5. The van der Waals surface area contributed by atoms with E-state index < -0.39 is 0 Å². The number of rotatable bonds is 5. The van der Waals surface area contributed by atoms with Crippen LogP contribution in [0.25, 0.3) is 0 Å². The van der Waals surface area contributed by atoms with Crippen LogP contribution in [0.5, 0.6) is 0 Å². The van der Waals surface area contributed by atoms with Gasteiger partial charge >= 0.3 is 0 Å². The van der Waals surface area contributed by atoms with E-state index in [1.165, 1.54) is 0 Å². The van der Waals surface area contributed by atoms with E-state index in [4.69, 9.17) is 23.2 Å². The maximum absolute atomic E-state index is 5.99. The summed E-state index contributed by atoms with van der Waals surface area (Å²) in [4.78, 5) is 6.34. The fourth-order valence-corrected chi connectivity index (χ4v) is 2.44. The standard InChI is InChI=1S/C10H14Cl2N2S/c1-14(2)5-6-15-7-9-8(11)3-4-10(12)13-9/h3-4H,5-7H2,1-2H3. The SMILES string of the molecule is CN(C)CCSCc1nc(Cl)ccc1Cl. The second-order valence-corrected chi connectivity index (χ2v) is 5.32. The van der Waals surface area contributed by atoms with Crippen molar-refractivity contribution in [2.24, 2.45) is 0 Å². The number of thioether (sulfide) groups is 1. The molecular weight excluding hydrogens is 251 g/mol. The Bertz CT molecular complexity index is 318. The van der Waals surface area contributed by atoms with Crippen molar-refractivity contribution in [2.45, 2.75) is 5.75 Å². The van der Waals surface area contributed by atoms with E-state index in [-0.39, 0.29) is 0 Å². The zero-order valence-electron chi connectivity index (χ0n) is 8.83. The Morgan fingerprint density at radius 1 is 1.33 bits per heavy atom. The van der Waals surface area contributed by atoms with E-state index in [9.17, 15) is 0 Å². The van der Waals surface area contributed by atoms with Gasteiger partial charge in [0.25, 0.3) is 0 Å². The first kappa shape index (κ1) is 13.1. The van der Waals surface area contributed by atoms with Gasteiger partial charge in [-0.1, -0.05) is 23.2 Å². The summed E-state index contributed by atoms with van der Waals surface area (Å²) in [5, 5.41) is 1.19. The lowest BCUT2D eigenvalue weighted by Gasteiger charge is -2.08. The number of hydrogen-bond acceptors (Lipinski definition) is 3. The normalized spacial score (nSPS) is 11.0. The molecule has 15 heavy (non-hydrogen) atoms. The van der Waals surface area contributed by atoms with Gasteiger partial charge in [0.1, 0.15) is 5.15 Å². The summed E-state index contributed by atoms with van der Waals surface area (Å²) in [6, 6.07) is 3.50. The van der Waals surface area contributed by atoms with E-state index >= 15 is 0 Å². The average molecular weight is 265 g/mol. The molecule has 0 N–H and O–H groups in total. The lowest BCUT2D eigenvalue weighted by atomic mass is 10.4. The van der Waals surface area contributed by atoms with Gasteiger partial charge in [-0.05, 0) is 26.2 Å². The molecule has 1 aromatic heterocycles. The van der Waals surface area contributed by atoms with Crippen molar-refractivity contribution in [3.05, 3.63) is 28.0 Å². The first-order valence-electron chi connectivity index (χ1n) is 4.63. The third-order valence-electron chi connectivity index (χ3n) is 1.81. The minimum atomic E-state index is 0.502. The van der Waals surface area contributed by atoms with Crippen LogP contribution < -0.4 is 0 Å². The summed E-state index contributed by atoms with van der Waals surface area (Å²) in [5.41, 5.74) is 0.868. The van der Waals surface area contributed by atoms with Gasteiger partial charge in [-0.25, -0.2) is 4.98 Å². The first-order valence-corrected chi connectivity index (χ1v) is 6.54. The zero-order valence-corrected chi connectivity index (χ0v) is 11.2. The summed E-state index contributed by atoms with van der Waals surface area (Å²) in [7, 11) is 4.12. The Morgan fingerprint density at radius 3 is 2.73 bits per heavy atom. The van der Waals surface area contributed by atoms with Crippen LogP contribution in [0, 0.1) is 0 Å². The minimum Gasteiger partial charge on any atom is -0.309 e. The Kier molecular flexibility index (Phi) is 5.75. The summed E-state index contributed by atoms with van der Waals surface area (Å²) in [5.74, 6) is 1.88. The molecule has 84 valence electrons. The van der Waals surface area contributed by atoms with Gasteiger partial charge in [0.2, 0.25) is 0 Å². The van der Waals surface area contributed by atoms with E-state index in [0.717, 1.165) is 23.7 Å². The van der Waals surface area contributed by atoms with Gasteiger partial charge < -0.3 is 4.90 Å². The molecule has 2 nitrogen and oxygen atoms in total. The van der Waals surface area contributed by atoms with Crippen molar-refractivity contribution >= 4 is 35.0 Å². The maximum atomic E-state index is 5.99. The quantitative estimate of drug-likeness (QED) is 0.601. The molecule has 0 bridgehead atoms. The first-order chi connectivity index (χ1) is 7.09. The van der Waals surface area contributed by atoms with Gasteiger partial charge in [0.15, 0.2) is 0 Å². The van der Waals surface area contributed by atoms with Crippen LogP contribution in [0.15, 0.2) is 12.1 Å². The second-order valence-electron chi connectivity index (χ2n) is 3.42. The molecule has 1 aromatic rings. The Balaban J connectivity index is 2.40. The van der Waals surface area contributed by atoms with Crippen LogP contribution in [-0.4, -0.2) is 36.3 Å². The van der Waals surface area contributed by atoms with Crippen LogP contribution in [0.2, 0.25) is 10.2 Å². The maximum Gasteiger partial charge on any atom is 0.129 e. The number of pyridine rings is 1.